The van der Waals surface area contributed by atoms with Crippen molar-refractivity contribution in [2.75, 3.05) is 46.3 Å². The van der Waals surface area contributed by atoms with Crippen LogP contribution in [0.1, 0.15) is 17.5 Å². The summed E-state index contributed by atoms with van der Waals surface area (Å²) in [5.74, 6) is 0.246. The highest BCUT2D eigenvalue weighted by atomic mass is 35.5. The van der Waals surface area contributed by atoms with Gasteiger partial charge in [-0.3, -0.25) is 9.69 Å². The maximum atomic E-state index is 12.6. The van der Waals surface area contributed by atoms with Gasteiger partial charge in [-0.25, -0.2) is 0 Å². The van der Waals surface area contributed by atoms with Crippen molar-refractivity contribution in [3.63, 3.8) is 0 Å². The molecule has 1 fully saturated rings. The molecule has 0 saturated carbocycles. The number of nitrogens with zero attached hydrogens (tertiary/aromatic N) is 3. The molecule has 2 aliphatic rings. The van der Waals surface area contributed by atoms with Gasteiger partial charge >= 0.3 is 0 Å². The third kappa shape index (κ3) is 3.62. The zero-order valence-corrected chi connectivity index (χ0v) is 14.0. The highest BCUT2D eigenvalue weighted by Gasteiger charge is 2.24. The fourth-order valence-corrected chi connectivity index (χ4v) is 3.61. The number of carbonyl (C=O) groups is 1. The second-order valence-electron chi connectivity index (χ2n) is 6.38. The van der Waals surface area contributed by atoms with Gasteiger partial charge in [0.15, 0.2) is 0 Å². The first-order valence-corrected chi connectivity index (χ1v) is 8.46. The molecular formula is C17H24ClN3O. The number of rotatable bonds is 2. The minimum atomic E-state index is 0.246. The van der Waals surface area contributed by atoms with Crippen molar-refractivity contribution in [2.24, 2.45) is 0 Å². The number of carbonyl (C=O) groups excluding carboxylic acids is 1. The normalized spacial score (nSPS) is 20.5. The lowest BCUT2D eigenvalue weighted by atomic mass is 10.00. The van der Waals surface area contributed by atoms with Gasteiger partial charge in [0.2, 0.25) is 5.91 Å². The summed E-state index contributed by atoms with van der Waals surface area (Å²) < 4.78 is 0. The Morgan fingerprint density at radius 2 is 2.05 bits per heavy atom. The molecule has 0 aliphatic carbocycles. The summed E-state index contributed by atoms with van der Waals surface area (Å²) in [5, 5.41) is 0.833. The molecule has 0 unspecified atom stereocenters. The average Bonchev–Trinajstić information content (AvgIpc) is 2.72. The van der Waals surface area contributed by atoms with E-state index in [1.807, 2.05) is 17.0 Å². The van der Waals surface area contributed by atoms with E-state index in [9.17, 15) is 4.79 Å². The number of amides is 1. The molecule has 4 nitrogen and oxygen atoms in total. The lowest BCUT2D eigenvalue weighted by Gasteiger charge is -2.31. The molecule has 120 valence electrons. The molecule has 0 atom stereocenters. The van der Waals surface area contributed by atoms with E-state index >= 15 is 0 Å². The maximum Gasteiger partial charge on any atom is 0.237 e. The van der Waals surface area contributed by atoms with Crippen molar-refractivity contribution < 1.29 is 4.79 Å². The molecule has 0 radical (unpaired) electrons. The lowest BCUT2D eigenvalue weighted by molar-refractivity contribution is -0.133. The Hall–Kier alpha value is -1.10. The van der Waals surface area contributed by atoms with Gasteiger partial charge in [0, 0.05) is 31.2 Å². The fraction of sp³-hybridized carbons (Fsp3) is 0.588. The number of hydrogen-bond acceptors (Lipinski definition) is 3. The third-order valence-corrected chi connectivity index (χ3v) is 5.09. The summed E-state index contributed by atoms with van der Waals surface area (Å²) in [4.78, 5) is 19.2. The Labute approximate surface area is 137 Å². The molecule has 1 aromatic carbocycles. The Morgan fingerprint density at radius 1 is 1.18 bits per heavy atom. The number of benzene rings is 1. The van der Waals surface area contributed by atoms with Crippen molar-refractivity contribution >= 4 is 17.5 Å². The average molecular weight is 322 g/mol. The molecular weight excluding hydrogens is 298 g/mol. The van der Waals surface area contributed by atoms with Crippen LogP contribution in [0.15, 0.2) is 18.2 Å². The molecule has 2 heterocycles. The first-order valence-electron chi connectivity index (χ1n) is 8.08. The highest BCUT2D eigenvalue weighted by molar-refractivity contribution is 6.31. The van der Waals surface area contributed by atoms with Gasteiger partial charge in [-0.15, -0.1) is 0 Å². The van der Waals surface area contributed by atoms with Crippen LogP contribution in [0.5, 0.6) is 0 Å². The van der Waals surface area contributed by atoms with E-state index in [4.69, 9.17) is 11.6 Å². The van der Waals surface area contributed by atoms with Crippen LogP contribution >= 0.6 is 11.6 Å². The molecule has 0 bridgehead atoms. The van der Waals surface area contributed by atoms with Gasteiger partial charge in [-0.2, -0.15) is 0 Å². The maximum absolute atomic E-state index is 12.6. The van der Waals surface area contributed by atoms with Crippen LogP contribution in [0, 0.1) is 0 Å². The second-order valence-corrected chi connectivity index (χ2v) is 6.78. The van der Waals surface area contributed by atoms with Crippen molar-refractivity contribution in [1.29, 1.82) is 0 Å². The Kier molecular flexibility index (Phi) is 5.01. The van der Waals surface area contributed by atoms with Crippen molar-refractivity contribution in [3.8, 4) is 0 Å². The summed E-state index contributed by atoms with van der Waals surface area (Å²) in [5.41, 5.74) is 2.41. The van der Waals surface area contributed by atoms with E-state index in [0.29, 0.717) is 13.1 Å². The smallest absolute Gasteiger partial charge is 0.237 e. The van der Waals surface area contributed by atoms with Gasteiger partial charge < -0.3 is 9.80 Å². The molecule has 0 aromatic heterocycles. The second kappa shape index (κ2) is 6.99. The molecule has 0 spiro atoms. The van der Waals surface area contributed by atoms with Gasteiger partial charge in [-0.1, -0.05) is 23.7 Å². The van der Waals surface area contributed by atoms with Crippen LogP contribution in [0.3, 0.4) is 0 Å². The van der Waals surface area contributed by atoms with E-state index in [1.165, 1.54) is 11.1 Å². The number of hydrogen-bond donors (Lipinski definition) is 0. The Morgan fingerprint density at radius 3 is 2.91 bits per heavy atom. The van der Waals surface area contributed by atoms with E-state index in [2.05, 4.69) is 22.9 Å². The van der Waals surface area contributed by atoms with Crippen LogP contribution < -0.4 is 0 Å². The fourth-order valence-electron chi connectivity index (χ4n) is 3.33. The number of likely N-dealkylation sites (N-methyl/N-ethyl adjacent to an activating group) is 1. The van der Waals surface area contributed by atoms with Gasteiger partial charge in [0.1, 0.15) is 0 Å². The Balaban J connectivity index is 1.59. The molecule has 5 heteroatoms. The molecule has 1 saturated heterocycles. The zero-order chi connectivity index (χ0) is 15.5. The molecule has 2 aliphatic heterocycles. The van der Waals surface area contributed by atoms with Gasteiger partial charge in [-0.05, 0) is 50.2 Å². The predicted molar refractivity (Wildman–Crippen MR) is 89.1 cm³/mol. The quantitative estimate of drug-likeness (QED) is 0.832. The Bertz CT molecular complexity index is 549. The van der Waals surface area contributed by atoms with Crippen LogP contribution in [0.4, 0.5) is 0 Å². The summed E-state index contributed by atoms with van der Waals surface area (Å²) >= 11 is 6.24. The van der Waals surface area contributed by atoms with Crippen molar-refractivity contribution in [3.05, 3.63) is 34.3 Å². The van der Waals surface area contributed by atoms with E-state index in [1.54, 1.807) is 0 Å². The standard InChI is InChI=1S/C17H24ClN3O/c1-19-7-3-8-20(11-10-19)13-17(22)21-9-6-15-14(12-21)4-2-5-16(15)18/h2,4-5H,3,6-13H2,1H3. The number of fused-ring (bicyclic) bond motifs is 1. The molecule has 1 amide bonds. The first-order chi connectivity index (χ1) is 10.6. The largest absolute Gasteiger partial charge is 0.337 e. The third-order valence-electron chi connectivity index (χ3n) is 4.73. The molecule has 22 heavy (non-hydrogen) atoms. The minimum absolute atomic E-state index is 0.246. The SMILES string of the molecule is CN1CCCN(CC(=O)N2CCc3c(Cl)cccc3C2)CC1. The molecule has 3 rings (SSSR count). The molecule has 1 aromatic rings. The minimum Gasteiger partial charge on any atom is -0.337 e. The summed E-state index contributed by atoms with van der Waals surface area (Å²) in [6.45, 7) is 6.20. The first kappa shape index (κ1) is 15.8. The highest BCUT2D eigenvalue weighted by Crippen LogP contribution is 2.26. The van der Waals surface area contributed by atoms with Crippen LogP contribution in [0.25, 0.3) is 0 Å². The number of halogens is 1. The predicted octanol–water partition coefficient (Wildman–Crippen LogP) is 1.86. The zero-order valence-electron chi connectivity index (χ0n) is 13.2. The topological polar surface area (TPSA) is 26.8 Å². The van der Waals surface area contributed by atoms with Crippen LogP contribution in [-0.4, -0.2) is 66.9 Å². The van der Waals surface area contributed by atoms with Crippen LogP contribution in [-0.2, 0) is 17.8 Å². The van der Waals surface area contributed by atoms with E-state index < -0.39 is 0 Å². The van der Waals surface area contributed by atoms with E-state index in [0.717, 1.165) is 50.6 Å². The van der Waals surface area contributed by atoms with Crippen molar-refractivity contribution in [2.45, 2.75) is 19.4 Å². The molecule has 0 N–H and O–H groups in total. The summed E-state index contributed by atoms with van der Waals surface area (Å²) in [6, 6.07) is 5.99. The van der Waals surface area contributed by atoms with E-state index in [-0.39, 0.29) is 5.91 Å². The lowest BCUT2D eigenvalue weighted by Crippen LogP contribution is -2.43. The van der Waals surface area contributed by atoms with Crippen molar-refractivity contribution in [1.82, 2.24) is 14.7 Å². The summed E-state index contributed by atoms with van der Waals surface area (Å²) in [7, 11) is 2.15. The van der Waals surface area contributed by atoms with Gasteiger partial charge in [0.05, 0.1) is 6.54 Å². The van der Waals surface area contributed by atoms with Gasteiger partial charge in [0.25, 0.3) is 0 Å². The van der Waals surface area contributed by atoms with Crippen LogP contribution in [0.2, 0.25) is 5.02 Å². The monoisotopic (exact) mass is 321 g/mol. The summed E-state index contributed by atoms with van der Waals surface area (Å²) in [6.07, 6.45) is 2.01.